The molecule has 0 spiro atoms. The van der Waals surface area contributed by atoms with E-state index < -0.39 is 25.8 Å². The van der Waals surface area contributed by atoms with Gasteiger partial charge < -0.3 is 0 Å². The van der Waals surface area contributed by atoms with Gasteiger partial charge in [-0.3, -0.25) is 20.2 Å². The van der Waals surface area contributed by atoms with Crippen molar-refractivity contribution in [3.63, 3.8) is 0 Å². The standard InChI is InChI=1S/C9H3Cl2N5O4/c1-4-5(2-12)6(3-13)8(10)14-7(4)9(11,15(17)18)16(19)20/h1H3. The molecule has 11 heteroatoms. The topological polar surface area (TPSA) is 147 Å². The number of alkyl halides is 1. The average Bonchev–Trinajstić information content (AvgIpc) is 2.38. The van der Waals surface area contributed by atoms with Crippen LogP contribution in [0.15, 0.2) is 0 Å². The maximum atomic E-state index is 10.9. The van der Waals surface area contributed by atoms with Gasteiger partial charge in [0.1, 0.15) is 32.7 Å². The fraction of sp³-hybridized carbons (Fsp3) is 0.222. The predicted octanol–water partition coefficient (Wildman–Crippen LogP) is 1.69. The second kappa shape index (κ2) is 5.25. The normalized spacial score (nSPS) is 10.4. The van der Waals surface area contributed by atoms with E-state index in [0.29, 0.717) is 0 Å². The molecule has 0 radical (unpaired) electrons. The minimum atomic E-state index is -3.28. The van der Waals surface area contributed by atoms with Crippen molar-refractivity contribution in [1.29, 1.82) is 10.5 Å². The van der Waals surface area contributed by atoms with Crippen molar-refractivity contribution in [3.05, 3.63) is 47.8 Å². The molecule has 0 saturated heterocycles. The van der Waals surface area contributed by atoms with Crippen LogP contribution in [0.2, 0.25) is 5.15 Å². The Morgan fingerprint density at radius 3 is 2.00 bits per heavy atom. The van der Waals surface area contributed by atoms with Gasteiger partial charge in [0.05, 0.1) is 17.2 Å². The summed E-state index contributed by atoms with van der Waals surface area (Å²) in [6, 6.07) is 3.19. The Labute approximate surface area is 121 Å². The van der Waals surface area contributed by atoms with Crippen molar-refractivity contribution in [2.75, 3.05) is 0 Å². The predicted molar refractivity (Wildman–Crippen MR) is 64.9 cm³/mol. The molecule has 0 bridgehead atoms. The summed E-state index contributed by atoms with van der Waals surface area (Å²) in [7, 11) is 0. The lowest BCUT2D eigenvalue weighted by Gasteiger charge is -2.13. The Bertz CT molecular complexity index is 692. The maximum Gasteiger partial charge on any atom is 0.581 e. The van der Waals surface area contributed by atoms with Gasteiger partial charge in [0.15, 0.2) is 0 Å². The fourth-order valence-electron chi connectivity index (χ4n) is 1.44. The van der Waals surface area contributed by atoms with Gasteiger partial charge in [0.25, 0.3) is 0 Å². The van der Waals surface area contributed by atoms with E-state index >= 15 is 0 Å². The second-order valence-corrected chi connectivity index (χ2v) is 4.34. The van der Waals surface area contributed by atoms with Crippen LogP contribution in [0.3, 0.4) is 0 Å². The Hall–Kier alpha value is -2.49. The van der Waals surface area contributed by atoms with Crippen molar-refractivity contribution < 1.29 is 9.85 Å². The summed E-state index contributed by atoms with van der Waals surface area (Å²) in [5.74, 6) is 0. The van der Waals surface area contributed by atoms with E-state index in [1.165, 1.54) is 0 Å². The van der Waals surface area contributed by atoms with Gasteiger partial charge in [0, 0.05) is 5.56 Å². The number of nitriles is 2. The maximum absolute atomic E-state index is 10.9. The van der Waals surface area contributed by atoms with Crippen LogP contribution in [0.25, 0.3) is 0 Å². The van der Waals surface area contributed by atoms with Crippen molar-refractivity contribution in [2.45, 2.75) is 12.0 Å². The van der Waals surface area contributed by atoms with E-state index in [1.807, 2.05) is 0 Å². The van der Waals surface area contributed by atoms with Gasteiger partial charge in [-0.2, -0.15) is 10.5 Å². The van der Waals surface area contributed by atoms with Crippen LogP contribution >= 0.6 is 23.2 Å². The monoisotopic (exact) mass is 315 g/mol. The zero-order chi connectivity index (χ0) is 15.7. The third kappa shape index (κ3) is 2.09. The highest BCUT2D eigenvalue weighted by molar-refractivity contribution is 6.31. The van der Waals surface area contributed by atoms with Crippen LogP contribution in [0.4, 0.5) is 0 Å². The summed E-state index contributed by atoms with van der Waals surface area (Å²) in [5, 5.41) is 35.7. The molecule has 0 aliphatic rings. The molecule has 9 nitrogen and oxygen atoms in total. The smallest absolute Gasteiger partial charge is 0.257 e. The number of pyridine rings is 1. The number of rotatable bonds is 3. The largest absolute Gasteiger partial charge is 0.581 e. The molecule has 102 valence electrons. The molecule has 1 rings (SSSR count). The molecule has 0 aliphatic heterocycles. The van der Waals surface area contributed by atoms with Gasteiger partial charge in [-0.25, -0.2) is 4.98 Å². The Morgan fingerprint density at radius 2 is 1.65 bits per heavy atom. The summed E-state index contributed by atoms with van der Waals surface area (Å²) >= 11 is 11.0. The van der Waals surface area contributed by atoms with Crippen LogP contribution in [0.5, 0.6) is 0 Å². The van der Waals surface area contributed by atoms with E-state index in [1.54, 1.807) is 12.1 Å². The Morgan fingerprint density at radius 1 is 1.20 bits per heavy atom. The third-order valence-electron chi connectivity index (χ3n) is 2.41. The zero-order valence-corrected chi connectivity index (χ0v) is 11.1. The lowest BCUT2D eigenvalue weighted by molar-refractivity contribution is -0.779. The number of hydrogen-bond acceptors (Lipinski definition) is 7. The third-order valence-corrected chi connectivity index (χ3v) is 3.13. The molecule has 0 atom stereocenters. The highest BCUT2D eigenvalue weighted by Gasteiger charge is 2.60. The SMILES string of the molecule is Cc1c(C(Cl)([N+](=O)[O-])[N+](=O)[O-])nc(Cl)c(C#N)c1C#N. The van der Waals surface area contributed by atoms with Crippen molar-refractivity contribution in [2.24, 2.45) is 0 Å². The molecule has 1 aromatic rings. The van der Waals surface area contributed by atoms with Gasteiger partial charge >= 0.3 is 5.12 Å². The number of aromatic nitrogens is 1. The minimum absolute atomic E-state index is 0.253. The zero-order valence-electron chi connectivity index (χ0n) is 9.62. The summed E-state index contributed by atoms with van der Waals surface area (Å²) < 4.78 is 0. The summed E-state index contributed by atoms with van der Waals surface area (Å²) in [6.45, 7) is 1.15. The molecular weight excluding hydrogens is 313 g/mol. The van der Waals surface area contributed by atoms with Gasteiger partial charge in [-0.15, -0.1) is 0 Å². The molecule has 0 amide bonds. The first-order valence-electron chi connectivity index (χ1n) is 4.70. The van der Waals surface area contributed by atoms with E-state index in [9.17, 15) is 20.2 Å². The van der Waals surface area contributed by atoms with E-state index in [4.69, 9.17) is 33.7 Å². The molecule has 1 aromatic heterocycles. The van der Waals surface area contributed by atoms with Crippen molar-refractivity contribution >= 4 is 23.2 Å². The summed E-state index contributed by atoms with van der Waals surface area (Å²) in [6.07, 6.45) is 0. The molecule has 0 fully saturated rings. The molecule has 0 aliphatic carbocycles. The number of nitro groups is 2. The summed E-state index contributed by atoms with van der Waals surface area (Å²) in [4.78, 5) is 22.5. The lowest BCUT2D eigenvalue weighted by Crippen LogP contribution is -2.39. The van der Waals surface area contributed by atoms with Crippen LogP contribution in [-0.4, -0.2) is 14.8 Å². The number of halogens is 2. The Balaban J connectivity index is 3.86. The first kappa shape index (κ1) is 15.6. The fourth-order valence-corrected chi connectivity index (χ4v) is 1.84. The molecule has 0 N–H and O–H groups in total. The Kier molecular flexibility index (Phi) is 4.08. The number of hydrogen-bond donors (Lipinski definition) is 0. The van der Waals surface area contributed by atoms with Crippen molar-refractivity contribution in [3.8, 4) is 12.1 Å². The first-order valence-corrected chi connectivity index (χ1v) is 5.46. The van der Waals surface area contributed by atoms with Gasteiger partial charge in [-0.05, 0) is 6.92 Å². The first-order chi connectivity index (χ1) is 9.21. The van der Waals surface area contributed by atoms with Gasteiger partial charge in [-0.1, -0.05) is 11.6 Å². The molecule has 0 unspecified atom stereocenters. The molecule has 20 heavy (non-hydrogen) atoms. The van der Waals surface area contributed by atoms with E-state index in [0.717, 1.165) is 6.92 Å². The molecular formula is C9H3Cl2N5O4. The van der Waals surface area contributed by atoms with Crippen molar-refractivity contribution in [1.82, 2.24) is 4.98 Å². The van der Waals surface area contributed by atoms with E-state index in [-0.39, 0.29) is 16.7 Å². The van der Waals surface area contributed by atoms with E-state index in [2.05, 4.69) is 4.98 Å². The quantitative estimate of drug-likeness (QED) is 0.206. The van der Waals surface area contributed by atoms with Crippen LogP contribution < -0.4 is 0 Å². The average molecular weight is 316 g/mol. The van der Waals surface area contributed by atoms with Crippen LogP contribution in [-0.2, 0) is 5.12 Å². The molecule has 0 saturated carbocycles. The summed E-state index contributed by atoms with van der Waals surface area (Å²) in [5.41, 5.74) is -1.75. The lowest BCUT2D eigenvalue weighted by atomic mass is 10.0. The highest BCUT2D eigenvalue weighted by atomic mass is 35.5. The van der Waals surface area contributed by atoms with Crippen LogP contribution in [0, 0.1) is 49.8 Å². The molecule has 1 heterocycles. The van der Waals surface area contributed by atoms with Gasteiger partial charge in [0.2, 0.25) is 5.69 Å². The van der Waals surface area contributed by atoms with Crippen LogP contribution in [0.1, 0.15) is 22.4 Å². The second-order valence-electron chi connectivity index (χ2n) is 3.45. The molecule has 0 aromatic carbocycles. The number of nitrogens with zero attached hydrogens (tertiary/aromatic N) is 5. The minimum Gasteiger partial charge on any atom is -0.257 e. The highest BCUT2D eigenvalue weighted by Crippen LogP contribution is 2.35.